The van der Waals surface area contributed by atoms with Gasteiger partial charge in [0.1, 0.15) is 0 Å². The number of hydrogen-bond donors (Lipinski definition) is 0. The smallest absolute Gasteiger partial charge is 0.0611 e. The van der Waals surface area contributed by atoms with E-state index in [0.29, 0.717) is 11.5 Å². The molecule has 4 unspecified atom stereocenters. The number of ether oxygens (including phenoxy) is 1. The Morgan fingerprint density at radius 1 is 1.31 bits per heavy atom. The van der Waals surface area contributed by atoms with E-state index < -0.39 is 0 Å². The van der Waals surface area contributed by atoms with Crippen molar-refractivity contribution >= 4 is 0 Å². The molecule has 2 rings (SSSR count). The Balaban J connectivity index is 1.99. The van der Waals surface area contributed by atoms with Crippen molar-refractivity contribution < 1.29 is 4.74 Å². The first kappa shape index (κ1) is 12.4. The first-order chi connectivity index (χ1) is 7.50. The number of hydrogen-bond acceptors (Lipinski definition) is 1. The van der Waals surface area contributed by atoms with Gasteiger partial charge in [-0.3, -0.25) is 0 Å². The molecule has 1 aliphatic heterocycles. The Bertz CT molecular complexity index is 236. The minimum absolute atomic E-state index is 0.548. The van der Waals surface area contributed by atoms with Gasteiger partial charge in [0.25, 0.3) is 0 Å². The minimum Gasteiger partial charge on any atom is -0.378 e. The van der Waals surface area contributed by atoms with Crippen LogP contribution in [-0.4, -0.2) is 12.7 Å². The van der Waals surface area contributed by atoms with Crippen LogP contribution in [0.3, 0.4) is 0 Å². The summed E-state index contributed by atoms with van der Waals surface area (Å²) in [6.45, 7) is 10.6. The van der Waals surface area contributed by atoms with Gasteiger partial charge in [0.2, 0.25) is 0 Å². The fourth-order valence-electron chi connectivity index (χ4n) is 4.06. The zero-order valence-electron chi connectivity index (χ0n) is 11.5. The molecule has 0 amide bonds. The average Bonchev–Trinajstić information content (AvgIpc) is 2.15. The van der Waals surface area contributed by atoms with Crippen LogP contribution in [0.25, 0.3) is 0 Å². The van der Waals surface area contributed by atoms with Crippen molar-refractivity contribution in [1.29, 1.82) is 0 Å². The van der Waals surface area contributed by atoms with E-state index in [9.17, 15) is 0 Å². The Morgan fingerprint density at radius 2 is 2.06 bits per heavy atom. The molecule has 0 aromatic rings. The molecule has 1 nitrogen and oxygen atoms in total. The molecular weight excluding hydrogens is 196 g/mol. The lowest BCUT2D eigenvalue weighted by Gasteiger charge is -2.47. The molecule has 2 aliphatic rings. The average molecular weight is 224 g/mol. The lowest BCUT2D eigenvalue weighted by Crippen LogP contribution is -2.43. The highest BCUT2D eigenvalue weighted by molar-refractivity contribution is 4.92. The Kier molecular flexibility index (Phi) is 3.63. The molecule has 1 heteroatoms. The van der Waals surface area contributed by atoms with E-state index in [4.69, 9.17) is 4.74 Å². The van der Waals surface area contributed by atoms with Crippen molar-refractivity contribution in [3.8, 4) is 0 Å². The van der Waals surface area contributed by atoms with E-state index in [-0.39, 0.29) is 0 Å². The molecule has 94 valence electrons. The van der Waals surface area contributed by atoms with E-state index in [1.807, 2.05) is 0 Å². The van der Waals surface area contributed by atoms with Crippen LogP contribution in [0.15, 0.2) is 0 Å². The third kappa shape index (κ3) is 2.61. The van der Waals surface area contributed by atoms with Crippen molar-refractivity contribution in [2.75, 3.05) is 6.61 Å². The first-order valence-corrected chi connectivity index (χ1v) is 7.12. The van der Waals surface area contributed by atoms with Crippen LogP contribution in [0.2, 0.25) is 0 Å². The van der Waals surface area contributed by atoms with Gasteiger partial charge >= 0.3 is 0 Å². The maximum atomic E-state index is 6.03. The Hall–Kier alpha value is -0.0400. The molecule has 0 aromatic heterocycles. The number of rotatable bonds is 2. The highest BCUT2D eigenvalue weighted by Crippen LogP contribution is 2.47. The van der Waals surface area contributed by atoms with Gasteiger partial charge in [-0.05, 0) is 55.3 Å². The molecular formula is C15H28O. The summed E-state index contributed by atoms with van der Waals surface area (Å²) in [6, 6.07) is 0. The van der Waals surface area contributed by atoms with Gasteiger partial charge in [0, 0.05) is 6.61 Å². The summed E-state index contributed by atoms with van der Waals surface area (Å²) in [5.74, 6) is 2.57. The molecule has 1 heterocycles. The normalized spacial score (nSPS) is 44.4. The summed E-state index contributed by atoms with van der Waals surface area (Å²) in [4.78, 5) is 0. The molecule has 0 spiro atoms. The van der Waals surface area contributed by atoms with Crippen molar-refractivity contribution in [1.82, 2.24) is 0 Å². The Morgan fingerprint density at radius 3 is 2.75 bits per heavy atom. The molecule has 0 bridgehead atoms. The second-order valence-electron chi connectivity index (χ2n) is 6.99. The first-order valence-electron chi connectivity index (χ1n) is 7.12. The van der Waals surface area contributed by atoms with Crippen LogP contribution >= 0.6 is 0 Å². The van der Waals surface area contributed by atoms with E-state index >= 15 is 0 Å². The maximum absolute atomic E-state index is 6.03. The molecule has 0 radical (unpaired) electrons. The highest BCUT2D eigenvalue weighted by atomic mass is 16.5. The molecule has 16 heavy (non-hydrogen) atoms. The van der Waals surface area contributed by atoms with Crippen molar-refractivity contribution in [3.63, 3.8) is 0 Å². The summed E-state index contributed by atoms with van der Waals surface area (Å²) in [5.41, 5.74) is 0.548. The van der Waals surface area contributed by atoms with Gasteiger partial charge in [0.15, 0.2) is 0 Å². The summed E-state index contributed by atoms with van der Waals surface area (Å²) < 4.78 is 6.03. The van der Waals surface area contributed by atoms with Gasteiger partial charge in [-0.25, -0.2) is 0 Å². The van der Waals surface area contributed by atoms with Gasteiger partial charge < -0.3 is 4.74 Å². The predicted molar refractivity (Wildman–Crippen MR) is 68.4 cm³/mol. The fraction of sp³-hybridized carbons (Fsp3) is 1.00. The van der Waals surface area contributed by atoms with Crippen LogP contribution in [0, 0.1) is 23.2 Å². The van der Waals surface area contributed by atoms with E-state index in [2.05, 4.69) is 27.7 Å². The quantitative estimate of drug-likeness (QED) is 0.681. The Labute approximate surface area is 101 Å². The number of fused-ring (bicyclic) bond motifs is 1. The summed E-state index contributed by atoms with van der Waals surface area (Å²) in [5, 5.41) is 0. The standard InChI is InChI=1S/C15H28O/c1-11(2)9-15(4)7-5-13-12(3)6-8-16-14(13)10-15/h11-14H,5-10H2,1-4H3. The van der Waals surface area contributed by atoms with E-state index in [0.717, 1.165) is 24.4 Å². The monoisotopic (exact) mass is 224 g/mol. The van der Waals surface area contributed by atoms with Gasteiger partial charge in [-0.2, -0.15) is 0 Å². The predicted octanol–water partition coefficient (Wildman–Crippen LogP) is 4.26. The van der Waals surface area contributed by atoms with Crippen LogP contribution in [-0.2, 0) is 4.74 Å². The van der Waals surface area contributed by atoms with E-state index in [1.165, 1.54) is 32.1 Å². The second-order valence-corrected chi connectivity index (χ2v) is 6.99. The minimum atomic E-state index is 0.548. The van der Waals surface area contributed by atoms with Crippen LogP contribution in [0.4, 0.5) is 0 Å². The maximum Gasteiger partial charge on any atom is 0.0611 e. The van der Waals surface area contributed by atoms with Crippen molar-refractivity contribution in [2.24, 2.45) is 23.2 Å². The van der Waals surface area contributed by atoms with Gasteiger partial charge in [-0.1, -0.05) is 27.7 Å². The zero-order chi connectivity index (χ0) is 11.8. The van der Waals surface area contributed by atoms with Crippen LogP contribution in [0.5, 0.6) is 0 Å². The molecule has 2 fully saturated rings. The zero-order valence-corrected chi connectivity index (χ0v) is 11.5. The van der Waals surface area contributed by atoms with Crippen molar-refractivity contribution in [3.05, 3.63) is 0 Å². The summed E-state index contributed by atoms with van der Waals surface area (Å²) in [6.07, 6.45) is 7.34. The molecule has 1 saturated heterocycles. The van der Waals surface area contributed by atoms with E-state index in [1.54, 1.807) is 0 Å². The second kappa shape index (κ2) is 4.68. The lowest BCUT2D eigenvalue weighted by molar-refractivity contribution is -0.104. The summed E-state index contributed by atoms with van der Waals surface area (Å²) >= 11 is 0. The third-order valence-corrected chi connectivity index (χ3v) is 4.79. The topological polar surface area (TPSA) is 9.23 Å². The SMILES string of the molecule is CC(C)CC1(C)CCC2C(C)CCOC2C1. The van der Waals surface area contributed by atoms with Crippen molar-refractivity contribution in [2.45, 2.75) is 65.9 Å². The molecule has 1 saturated carbocycles. The van der Waals surface area contributed by atoms with Gasteiger partial charge in [-0.15, -0.1) is 0 Å². The highest BCUT2D eigenvalue weighted by Gasteiger charge is 2.42. The molecule has 1 aliphatic carbocycles. The molecule has 0 aromatic carbocycles. The van der Waals surface area contributed by atoms with Crippen LogP contribution in [0.1, 0.15) is 59.8 Å². The third-order valence-electron chi connectivity index (χ3n) is 4.79. The fourth-order valence-corrected chi connectivity index (χ4v) is 4.06. The lowest BCUT2D eigenvalue weighted by atomic mass is 9.63. The van der Waals surface area contributed by atoms with Crippen LogP contribution < -0.4 is 0 Å². The molecule has 0 N–H and O–H groups in total. The summed E-state index contributed by atoms with van der Waals surface area (Å²) in [7, 11) is 0. The van der Waals surface area contributed by atoms with Gasteiger partial charge in [0.05, 0.1) is 6.10 Å². The molecule has 4 atom stereocenters. The largest absolute Gasteiger partial charge is 0.378 e.